The molecule has 0 atom stereocenters. The minimum absolute atomic E-state index is 0.0327. The van der Waals surface area contributed by atoms with Crippen LogP contribution in [-0.2, 0) is 16.0 Å². The molecule has 20 heavy (non-hydrogen) atoms. The lowest BCUT2D eigenvalue weighted by Crippen LogP contribution is -2.30. The van der Waals surface area contributed by atoms with Crippen molar-refractivity contribution < 1.29 is 19.4 Å². The first-order chi connectivity index (χ1) is 9.61. The Morgan fingerprint density at radius 1 is 1.30 bits per heavy atom. The maximum Gasteiger partial charge on any atom is 0.313 e. The highest BCUT2D eigenvalue weighted by molar-refractivity contribution is 7.99. The molecule has 0 aliphatic rings. The Balaban J connectivity index is 2.14. The van der Waals surface area contributed by atoms with Crippen molar-refractivity contribution in [1.29, 1.82) is 0 Å². The second-order valence-electron chi connectivity index (χ2n) is 4.08. The van der Waals surface area contributed by atoms with Gasteiger partial charge in [0.2, 0.25) is 0 Å². The van der Waals surface area contributed by atoms with E-state index in [0.29, 0.717) is 18.0 Å². The lowest BCUT2D eigenvalue weighted by atomic mass is 10.2. The smallest absolute Gasteiger partial charge is 0.313 e. The number of nitrogens with one attached hydrogen (secondary N) is 1. The lowest BCUT2D eigenvalue weighted by molar-refractivity contribution is -0.133. The summed E-state index contributed by atoms with van der Waals surface area (Å²) in [5, 5.41) is 11.1. The Morgan fingerprint density at radius 2 is 2.00 bits per heavy atom. The first-order valence-corrected chi connectivity index (χ1v) is 7.55. The molecule has 0 spiro atoms. The van der Waals surface area contributed by atoms with E-state index in [0.717, 1.165) is 6.42 Å². The third-order valence-electron chi connectivity index (χ3n) is 2.50. The van der Waals surface area contributed by atoms with Gasteiger partial charge in [0.1, 0.15) is 5.75 Å². The van der Waals surface area contributed by atoms with Crippen LogP contribution in [-0.4, -0.2) is 41.6 Å². The number of hydrogen-bond donors (Lipinski definition) is 2. The topological polar surface area (TPSA) is 75.6 Å². The summed E-state index contributed by atoms with van der Waals surface area (Å²) in [6.45, 7) is 2.48. The average molecular weight is 297 g/mol. The standard InChI is InChI=1S/C14H19NO4S/c1-2-11-3-5-12(6-4-11)19-9-13(16)15-7-8-20-10-14(17)18/h3-6H,2,7-10H2,1H3,(H,15,16)(H,17,18). The van der Waals surface area contributed by atoms with Gasteiger partial charge in [-0.15, -0.1) is 11.8 Å². The van der Waals surface area contributed by atoms with E-state index in [1.807, 2.05) is 24.3 Å². The molecule has 0 fully saturated rings. The summed E-state index contributed by atoms with van der Waals surface area (Å²) in [7, 11) is 0. The summed E-state index contributed by atoms with van der Waals surface area (Å²) in [5.41, 5.74) is 1.22. The Morgan fingerprint density at radius 3 is 2.60 bits per heavy atom. The molecule has 0 bridgehead atoms. The van der Waals surface area contributed by atoms with Gasteiger partial charge in [0, 0.05) is 12.3 Å². The lowest BCUT2D eigenvalue weighted by Gasteiger charge is -2.07. The van der Waals surface area contributed by atoms with Gasteiger partial charge in [-0.05, 0) is 24.1 Å². The Labute approximate surface area is 122 Å². The second-order valence-corrected chi connectivity index (χ2v) is 5.19. The predicted octanol–water partition coefficient (Wildman–Crippen LogP) is 1.56. The van der Waals surface area contributed by atoms with E-state index in [9.17, 15) is 9.59 Å². The summed E-state index contributed by atoms with van der Waals surface area (Å²) in [4.78, 5) is 21.7. The number of aliphatic carboxylic acids is 1. The molecule has 1 rings (SSSR count). The van der Waals surface area contributed by atoms with E-state index in [1.54, 1.807) is 0 Å². The zero-order valence-electron chi connectivity index (χ0n) is 11.4. The Bertz CT molecular complexity index is 433. The first-order valence-electron chi connectivity index (χ1n) is 6.39. The number of rotatable bonds is 9. The van der Waals surface area contributed by atoms with E-state index in [2.05, 4.69) is 12.2 Å². The van der Waals surface area contributed by atoms with Crippen LogP contribution in [0.3, 0.4) is 0 Å². The van der Waals surface area contributed by atoms with Crippen molar-refractivity contribution in [2.24, 2.45) is 0 Å². The summed E-state index contributed by atoms with van der Waals surface area (Å²) in [6, 6.07) is 7.62. The fourth-order valence-electron chi connectivity index (χ4n) is 1.44. The van der Waals surface area contributed by atoms with E-state index in [4.69, 9.17) is 9.84 Å². The van der Waals surface area contributed by atoms with E-state index in [-0.39, 0.29) is 18.3 Å². The molecule has 1 aromatic rings. The number of carbonyl (C=O) groups excluding carboxylic acids is 1. The van der Waals surface area contributed by atoms with Gasteiger partial charge in [-0.2, -0.15) is 0 Å². The first kappa shape index (κ1) is 16.4. The van der Waals surface area contributed by atoms with Crippen LogP contribution in [0.5, 0.6) is 5.75 Å². The quantitative estimate of drug-likeness (QED) is 0.677. The monoisotopic (exact) mass is 297 g/mol. The Hall–Kier alpha value is -1.69. The molecule has 6 heteroatoms. The van der Waals surface area contributed by atoms with Crippen LogP contribution in [0, 0.1) is 0 Å². The number of carboxylic acids is 1. The van der Waals surface area contributed by atoms with Crippen LogP contribution in [0.4, 0.5) is 0 Å². The summed E-state index contributed by atoms with van der Waals surface area (Å²) in [6.07, 6.45) is 0.967. The molecule has 0 aliphatic heterocycles. The van der Waals surface area contributed by atoms with E-state index in [1.165, 1.54) is 17.3 Å². The number of aryl methyl sites for hydroxylation is 1. The molecule has 0 saturated carbocycles. The molecule has 0 radical (unpaired) electrons. The third kappa shape index (κ3) is 7.04. The van der Waals surface area contributed by atoms with Gasteiger partial charge in [0.15, 0.2) is 6.61 Å². The molecule has 0 aromatic heterocycles. The van der Waals surface area contributed by atoms with E-state index >= 15 is 0 Å². The molecule has 1 amide bonds. The fraction of sp³-hybridized carbons (Fsp3) is 0.429. The number of benzene rings is 1. The number of ether oxygens (including phenoxy) is 1. The molecule has 0 aliphatic carbocycles. The van der Waals surface area contributed by atoms with Crippen LogP contribution in [0.15, 0.2) is 24.3 Å². The minimum Gasteiger partial charge on any atom is -0.484 e. The van der Waals surface area contributed by atoms with Gasteiger partial charge in [0.25, 0.3) is 5.91 Å². The molecule has 5 nitrogen and oxygen atoms in total. The molecule has 110 valence electrons. The molecular weight excluding hydrogens is 278 g/mol. The van der Waals surface area contributed by atoms with Crippen molar-refractivity contribution in [2.45, 2.75) is 13.3 Å². The Kier molecular flexibility index (Phi) is 7.57. The molecular formula is C14H19NO4S. The van der Waals surface area contributed by atoms with Crippen molar-refractivity contribution in [3.05, 3.63) is 29.8 Å². The highest BCUT2D eigenvalue weighted by atomic mass is 32.2. The maximum atomic E-state index is 11.5. The largest absolute Gasteiger partial charge is 0.484 e. The van der Waals surface area contributed by atoms with Crippen LogP contribution in [0.25, 0.3) is 0 Å². The third-order valence-corrected chi connectivity index (χ3v) is 3.44. The highest BCUT2D eigenvalue weighted by Gasteiger charge is 2.03. The molecule has 2 N–H and O–H groups in total. The van der Waals surface area contributed by atoms with Gasteiger partial charge >= 0.3 is 5.97 Å². The van der Waals surface area contributed by atoms with Gasteiger partial charge in [-0.3, -0.25) is 9.59 Å². The highest BCUT2D eigenvalue weighted by Crippen LogP contribution is 2.12. The number of hydrogen-bond acceptors (Lipinski definition) is 4. The number of carbonyl (C=O) groups is 2. The predicted molar refractivity (Wildman–Crippen MR) is 79.3 cm³/mol. The number of thioether (sulfide) groups is 1. The SMILES string of the molecule is CCc1ccc(OCC(=O)NCCSCC(=O)O)cc1. The minimum atomic E-state index is -0.847. The van der Waals surface area contributed by atoms with Crippen LogP contribution in [0.1, 0.15) is 12.5 Å². The maximum absolute atomic E-state index is 11.5. The van der Waals surface area contributed by atoms with Crippen LogP contribution >= 0.6 is 11.8 Å². The zero-order chi connectivity index (χ0) is 14.8. The van der Waals surface area contributed by atoms with Crippen molar-refractivity contribution in [1.82, 2.24) is 5.32 Å². The zero-order valence-corrected chi connectivity index (χ0v) is 12.2. The van der Waals surface area contributed by atoms with Crippen molar-refractivity contribution >= 4 is 23.6 Å². The van der Waals surface area contributed by atoms with Crippen molar-refractivity contribution in [3.8, 4) is 5.75 Å². The van der Waals surface area contributed by atoms with Gasteiger partial charge in [0.05, 0.1) is 5.75 Å². The summed E-state index contributed by atoms with van der Waals surface area (Å²) < 4.78 is 5.35. The fourth-order valence-corrected chi connectivity index (χ4v) is 2.01. The van der Waals surface area contributed by atoms with Crippen LogP contribution in [0.2, 0.25) is 0 Å². The van der Waals surface area contributed by atoms with Crippen molar-refractivity contribution in [3.63, 3.8) is 0 Å². The normalized spacial score (nSPS) is 10.1. The van der Waals surface area contributed by atoms with E-state index < -0.39 is 5.97 Å². The molecule has 0 heterocycles. The van der Waals surface area contributed by atoms with Gasteiger partial charge in [-0.25, -0.2) is 0 Å². The van der Waals surface area contributed by atoms with Gasteiger partial charge in [-0.1, -0.05) is 19.1 Å². The van der Waals surface area contributed by atoms with Gasteiger partial charge < -0.3 is 15.2 Å². The number of carboxylic acid groups (broad SMARTS) is 1. The summed E-state index contributed by atoms with van der Waals surface area (Å²) in [5.74, 6) is 0.234. The average Bonchev–Trinajstić information content (AvgIpc) is 2.45. The molecule has 0 saturated heterocycles. The summed E-state index contributed by atoms with van der Waals surface area (Å²) >= 11 is 1.27. The number of amides is 1. The molecule has 0 unspecified atom stereocenters. The van der Waals surface area contributed by atoms with Crippen molar-refractivity contribution in [2.75, 3.05) is 24.7 Å². The molecule has 1 aromatic carbocycles. The van der Waals surface area contributed by atoms with Crippen LogP contribution < -0.4 is 10.1 Å². The second kappa shape index (κ2) is 9.25.